The van der Waals surface area contributed by atoms with Crippen molar-refractivity contribution >= 4 is 28.0 Å². The Morgan fingerprint density at radius 3 is 2.71 bits per heavy atom. The van der Waals surface area contributed by atoms with E-state index in [1.165, 1.54) is 6.07 Å². The van der Waals surface area contributed by atoms with Crippen molar-refractivity contribution in [1.29, 1.82) is 0 Å². The molecule has 0 unspecified atom stereocenters. The fourth-order valence-corrected chi connectivity index (χ4v) is 4.02. The van der Waals surface area contributed by atoms with Crippen molar-refractivity contribution in [3.63, 3.8) is 0 Å². The molecule has 1 amide bonds. The van der Waals surface area contributed by atoms with Gasteiger partial charge in [0, 0.05) is 24.7 Å². The number of nitrogens with one attached hydrogen (secondary N) is 1. The molecule has 3 aromatic heterocycles. The van der Waals surface area contributed by atoms with Gasteiger partial charge in [0.05, 0.1) is 35.4 Å². The number of benzene rings is 2. The van der Waals surface area contributed by atoms with Gasteiger partial charge in [-0.1, -0.05) is 30.3 Å². The third-order valence-corrected chi connectivity index (χ3v) is 5.60. The summed E-state index contributed by atoms with van der Waals surface area (Å²) in [5, 5.41) is 3.03. The van der Waals surface area contributed by atoms with Crippen LogP contribution in [0.3, 0.4) is 0 Å². The molecule has 5 aromatic rings. The summed E-state index contributed by atoms with van der Waals surface area (Å²) in [5.74, 6) is 0.167. The molecule has 0 radical (unpaired) electrons. The Labute approximate surface area is 177 Å². The lowest BCUT2D eigenvalue weighted by atomic mass is 10.2. The van der Waals surface area contributed by atoms with Crippen LogP contribution in [-0.4, -0.2) is 20.0 Å². The highest BCUT2D eigenvalue weighted by Gasteiger charge is 2.22. The molecule has 0 aliphatic rings. The number of imidazole rings is 1. The normalized spacial score (nSPS) is 12.5. The molecule has 0 fully saturated rings. The van der Waals surface area contributed by atoms with Gasteiger partial charge in [-0.3, -0.25) is 4.79 Å². The Kier molecular flexibility index (Phi) is 4.58. The highest BCUT2D eigenvalue weighted by atomic mass is 19.1. The summed E-state index contributed by atoms with van der Waals surface area (Å²) in [7, 11) is 1.93. The number of furan rings is 1. The van der Waals surface area contributed by atoms with Gasteiger partial charge in [-0.15, -0.1) is 0 Å². The summed E-state index contributed by atoms with van der Waals surface area (Å²) in [5.41, 5.74) is 4.10. The maximum Gasteiger partial charge on any atom is 0.268 e. The summed E-state index contributed by atoms with van der Waals surface area (Å²) in [4.78, 5) is 17.9. The number of nitrogens with zero attached hydrogens (tertiary/aromatic N) is 3. The molecule has 156 valence electrons. The van der Waals surface area contributed by atoms with Gasteiger partial charge in [0.2, 0.25) is 0 Å². The average molecular weight is 416 g/mol. The van der Waals surface area contributed by atoms with Crippen LogP contribution in [0.4, 0.5) is 4.39 Å². The van der Waals surface area contributed by atoms with Crippen LogP contribution < -0.4 is 5.32 Å². The first kappa shape index (κ1) is 19.1. The van der Waals surface area contributed by atoms with Crippen molar-refractivity contribution in [1.82, 2.24) is 19.4 Å². The van der Waals surface area contributed by atoms with Crippen LogP contribution >= 0.6 is 0 Å². The van der Waals surface area contributed by atoms with E-state index in [0.717, 1.165) is 22.4 Å². The van der Waals surface area contributed by atoms with Crippen LogP contribution in [-0.2, 0) is 13.6 Å². The number of hydrogen-bond donors (Lipinski definition) is 1. The van der Waals surface area contributed by atoms with E-state index in [4.69, 9.17) is 4.42 Å². The zero-order valence-electron chi connectivity index (χ0n) is 17.2. The summed E-state index contributed by atoms with van der Waals surface area (Å²) >= 11 is 0. The number of amides is 1. The SMILES string of the molecule is C[C@@H](NC(=O)c1cc2occc2n1Cc1ccccc1F)c1nc2ccccc2n1C. The topological polar surface area (TPSA) is 65.0 Å². The lowest BCUT2D eigenvalue weighted by molar-refractivity contribution is 0.0929. The number of aryl methyl sites for hydroxylation is 1. The second kappa shape index (κ2) is 7.43. The Morgan fingerprint density at radius 1 is 1.13 bits per heavy atom. The van der Waals surface area contributed by atoms with E-state index < -0.39 is 0 Å². The number of halogens is 1. The Balaban J connectivity index is 1.47. The molecule has 0 spiro atoms. The van der Waals surface area contributed by atoms with Gasteiger partial charge in [-0.05, 0) is 25.1 Å². The summed E-state index contributed by atoms with van der Waals surface area (Å²) < 4.78 is 23.5. The van der Waals surface area contributed by atoms with Crippen LogP contribution in [0.25, 0.3) is 22.1 Å². The van der Waals surface area contributed by atoms with Crippen molar-refractivity contribution in [3.8, 4) is 0 Å². The Hall–Kier alpha value is -3.87. The van der Waals surface area contributed by atoms with Gasteiger partial charge in [-0.25, -0.2) is 9.37 Å². The first-order valence-corrected chi connectivity index (χ1v) is 10.1. The standard InChI is InChI=1S/C24H21FN4O2/c1-15(23-27-18-9-5-6-10-19(18)28(23)2)26-24(30)21-13-22-20(11-12-31-22)29(21)14-16-7-3-4-8-17(16)25/h3-13,15H,14H2,1-2H3,(H,26,30)/t15-/m1/s1. The third kappa shape index (κ3) is 3.28. The van der Waals surface area contributed by atoms with E-state index in [2.05, 4.69) is 10.3 Å². The van der Waals surface area contributed by atoms with Crippen molar-refractivity contribution in [2.24, 2.45) is 7.05 Å². The molecule has 3 heterocycles. The van der Waals surface area contributed by atoms with E-state index in [9.17, 15) is 9.18 Å². The van der Waals surface area contributed by atoms with Crippen molar-refractivity contribution in [3.05, 3.63) is 89.8 Å². The van der Waals surface area contributed by atoms with Gasteiger partial charge in [0.15, 0.2) is 5.58 Å². The minimum absolute atomic E-state index is 0.221. The Morgan fingerprint density at radius 2 is 1.90 bits per heavy atom. The number of aromatic nitrogens is 3. The minimum Gasteiger partial charge on any atom is -0.463 e. The number of para-hydroxylation sites is 2. The number of hydrogen-bond acceptors (Lipinski definition) is 3. The summed E-state index contributed by atoms with van der Waals surface area (Å²) in [6, 6.07) is 17.5. The fourth-order valence-electron chi connectivity index (χ4n) is 4.02. The molecule has 0 bridgehead atoms. The largest absolute Gasteiger partial charge is 0.463 e. The summed E-state index contributed by atoms with van der Waals surface area (Å²) in [6.45, 7) is 2.12. The molecule has 0 aliphatic heterocycles. The van der Waals surface area contributed by atoms with Crippen molar-refractivity contribution < 1.29 is 13.6 Å². The molecular formula is C24H21FN4O2. The number of carbonyl (C=O) groups is 1. The van der Waals surface area contributed by atoms with Gasteiger partial charge in [0.25, 0.3) is 5.91 Å². The predicted octanol–water partition coefficient (Wildman–Crippen LogP) is 4.80. The molecule has 5 rings (SSSR count). The van der Waals surface area contributed by atoms with Gasteiger partial charge in [0.1, 0.15) is 17.3 Å². The van der Waals surface area contributed by atoms with Crippen LogP contribution in [0.5, 0.6) is 0 Å². The van der Waals surface area contributed by atoms with E-state index >= 15 is 0 Å². The third-order valence-electron chi connectivity index (χ3n) is 5.60. The molecule has 0 saturated heterocycles. The number of fused-ring (bicyclic) bond motifs is 2. The molecule has 1 atom stereocenters. The maximum absolute atomic E-state index is 14.3. The smallest absolute Gasteiger partial charge is 0.268 e. The van der Waals surface area contributed by atoms with Gasteiger partial charge < -0.3 is 18.9 Å². The molecule has 7 heteroatoms. The molecule has 6 nitrogen and oxygen atoms in total. The number of rotatable bonds is 5. The monoisotopic (exact) mass is 416 g/mol. The zero-order chi connectivity index (χ0) is 21.5. The lowest BCUT2D eigenvalue weighted by Gasteiger charge is -2.16. The second-order valence-corrected chi connectivity index (χ2v) is 7.59. The molecule has 0 aliphatic carbocycles. The highest BCUT2D eigenvalue weighted by molar-refractivity contribution is 5.97. The quantitative estimate of drug-likeness (QED) is 0.448. The zero-order valence-corrected chi connectivity index (χ0v) is 17.2. The van der Waals surface area contributed by atoms with Crippen molar-refractivity contribution in [2.75, 3.05) is 0 Å². The molecule has 31 heavy (non-hydrogen) atoms. The average Bonchev–Trinajstić information content (AvgIpc) is 3.44. The van der Waals surface area contributed by atoms with Crippen molar-refractivity contribution in [2.45, 2.75) is 19.5 Å². The van der Waals surface area contributed by atoms with Crippen LogP contribution in [0.1, 0.15) is 34.8 Å². The second-order valence-electron chi connectivity index (χ2n) is 7.59. The van der Waals surface area contributed by atoms with Crippen LogP contribution in [0.15, 0.2) is 71.3 Å². The first-order valence-electron chi connectivity index (χ1n) is 10.1. The Bertz CT molecular complexity index is 1410. The number of carbonyl (C=O) groups excluding carboxylic acids is 1. The van der Waals surface area contributed by atoms with E-state index in [1.54, 1.807) is 41.2 Å². The lowest BCUT2D eigenvalue weighted by Crippen LogP contribution is -2.30. The minimum atomic E-state index is -0.326. The fraction of sp³-hybridized carbons (Fsp3) is 0.167. The highest BCUT2D eigenvalue weighted by Crippen LogP contribution is 2.25. The van der Waals surface area contributed by atoms with E-state index in [1.807, 2.05) is 42.8 Å². The predicted molar refractivity (Wildman–Crippen MR) is 116 cm³/mol. The molecule has 2 aromatic carbocycles. The maximum atomic E-state index is 14.3. The molecular weight excluding hydrogens is 395 g/mol. The van der Waals surface area contributed by atoms with E-state index in [0.29, 0.717) is 16.8 Å². The molecule has 0 saturated carbocycles. The van der Waals surface area contributed by atoms with Gasteiger partial charge >= 0.3 is 0 Å². The first-order chi connectivity index (χ1) is 15.0. The van der Waals surface area contributed by atoms with E-state index in [-0.39, 0.29) is 24.3 Å². The van der Waals surface area contributed by atoms with Crippen LogP contribution in [0, 0.1) is 5.82 Å². The van der Waals surface area contributed by atoms with Gasteiger partial charge in [-0.2, -0.15) is 0 Å². The summed E-state index contributed by atoms with van der Waals surface area (Å²) in [6.07, 6.45) is 1.56. The van der Waals surface area contributed by atoms with Crippen LogP contribution in [0.2, 0.25) is 0 Å². The molecule has 1 N–H and O–H groups in total.